The zero-order valence-electron chi connectivity index (χ0n) is 10.3. The first kappa shape index (κ1) is 13.1. The lowest BCUT2D eigenvalue weighted by atomic mass is 9.71. The summed E-state index contributed by atoms with van der Waals surface area (Å²) in [6.07, 6.45) is 0. The van der Waals surface area contributed by atoms with Crippen LogP contribution in [-0.4, -0.2) is 11.7 Å². The van der Waals surface area contributed by atoms with E-state index in [1.165, 1.54) is 12.1 Å². The molecule has 0 aliphatic rings. The van der Waals surface area contributed by atoms with E-state index in [1.807, 2.05) is 20.8 Å². The Balaban J connectivity index is 3.34. The van der Waals surface area contributed by atoms with Crippen LogP contribution < -0.4 is 5.73 Å². The van der Waals surface area contributed by atoms with E-state index in [1.54, 1.807) is 13.0 Å². The highest BCUT2D eigenvalue weighted by Gasteiger charge is 2.41. The Morgan fingerprint density at radius 2 is 1.88 bits per heavy atom. The second-order valence-electron chi connectivity index (χ2n) is 5.27. The van der Waals surface area contributed by atoms with Crippen molar-refractivity contribution in [2.45, 2.75) is 33.3 Å². The number of benzene rings is 1. The number of hydrogen-bond donors (Lipinski definition) is 2. The first-order valence-corrected chi connectivity index (χ1v) is 5.41. The highest BCUT2D eigenvalue weighted by molar-refractivity contribution is 5.33. The standard InChI is InChI=1S/C13H20FNO/c1-9-7-10(14)5-6-11(9)13(16,8-15)12(2,3)4/h5-7,16H,8,15H2,1-4H3. The molecule has 1 aromatic carbocycles. The van der Waals surface area contributed by atoms with Gasteiger partial charge in [-0.2, -0.15) is 0 Å². The molecule has 0 heterocycles. The molecule has 0 aliphatic carbocycles. The molecular weight excluding hydrogens is 205 g/mol. The molecule has 3 N–H and O–H groups in total. The second kappa shape index (κ2) is 4.15. The summed E-state index contributed by atoms with van der Waals surface area (Å²) in [7, 11) is 0. The Morgan fingerprint density at radius 3 is 2.25 bits per heavy atom. The van der Waals surface area contributed by atoms with Crippen LogP contribution in [0.3, 0.4) is 0 Å². The molecule has 0 amide bonds. The van der Waals surface area contributed by atoms with Gasteiger partial charge in [0.25, 0.3) is 0 Å². The summed E-state index contributed by atoms with van der Waals surface area (Å²) < 4.78 is 13.0. The maximum atomic E-state index is 13.0. The largest absolute Gasteiger partial charge is 0.383 e. The Bertz CT molecular complexity index is 384. The number of aliphatic hydroxyl groups is 1. The van der Waals surface area contributed by atoms with Gasteiger partial charge in [-0.25, -0.2) is 4.39 Å². The summed E-state index contributed by atoms with van der Waals surface area (Å²) in [5.74, 6) is -0.297. The van der Waals surface area contributed by atoms with Crippen LogP contribution >= 0.6 is 0 Å². The third kappa shape index (κ3) is 2.11. The lowest BCUT2D eigenvalue weighted by Crippen LogP contribution is -2.46. The molecule has 16 heavy (non-hydrogen) atoms. The number of nitrogens with two attached hydrogens (primary N) is 1. The Kier molecular flexibility index (Phi) is 3.41. The van der Waals surface area contributed by atoms with E-state index >= 15 is 0 Å². The van der Waals surface area contributed by atoms with Crippen LogP contribution in [0, 0.1) is 18.2 Å². The fourth-order valence-electron chi connectivity index (χ4n) is 1.91. The molecule has 3 heteroatoms. The van der Waals surface area contributed by atoms with E-state index in [-0.39, 0.29) is 12.4 Å². The van der Waals surface area contributed by atoms with Crippen LogP contribution in [-0.2, 0) is 5.60 Å². The van der Waals surface area contributed by atoms with Crippen LogP contribution in [0.15, 0.2) is 18.2 Å². The first-order valence-electron chi connectivity index (χ1n) is 5.41. The van der Waals surface area contributed by atoms with Crippen LogP contribution in [0.5, 0.6) is 0 Å². The fourth-order valence-corrected chi connectivity index (χ4v) is 1.91. The van der Waals surface area contributed by atoms with Crippen molar-refractivity contribution in [2.24, 2.45) is 11.1 Å². The zero-order valence-corrected chi connectivity index (χ0v) is 10.3. The molecule has 90 valence electrons. The molecule has 1 rings (SSSR count). The van der Waals surface area contributed by atoms with Gasteiger partial charge < -0.3 is 10.8 Å². The Morgan fingerprint density at radius 1 is 1.31 bits per heavy atom. The maximum Gasteiger partial charge on any atom is 0.123 e. The molecule has 2 nitrogen and oxygen atoms in total. The van der Waals surface area contributed by atoms with Gasteiger partial charge >= 0.3 is 0 Å². The summed E-state index contributed by atoms with van der Waals surface area (Å²) in [6, 6.07) is 4.39. The average Bonchev–Trinajstić information content (AvgIpc) is 2.15. The average molecular weight is 225 g/mol. The quantitative estimate of drug-likeness (QED) is 0.811. The second-order valence-corrected chi connectivity index (χ2v) is 5.27. The van der Waals surface area contributed by atoms with Gasteiger partial charge in [0.2, 0.25) is 0 Å². The van der Waals surface area contributed by atoms with Gasteiger partial charge in [-0.15, -0.1) is 0 Å². The smallest absolute Gasteiger partial charge is 0.123 e. The molecule has 0 aliphatic heterocycles. The van der Waals surface area contributed by atoms with E-state index in [2.05, 4.69) is 0 Å². The van der Waals surface area contributed by atoms with Crippen molar-refractivity contribution in [3.8, 4) is 0 Å². The van der Waals surface area contributed by atoms with E-state index in [4.69, 9.17) is 5.73 Å². The van der Waals surface area contributed by atoms with Crippen LogP contribution in [0.4, 0.5) is 4.39 Å². The molecular formula is C13H20FNO. The number of rotatable bonds is 2. The Hall–Kier alpha value is -0.930. The van der Waals surface area contributed by atoms with Crippen molar-refractivity contribution >= 4 is 0 Å². The van der Waals surface area contributed by atoms with Crippen molar-refractivity contribution in [3.63, 3.8) is 0 Å². The van der Waals surface area contributed by atoms with Gasteiger partial charge in [-0.05, 0) is 35.6 Å². The third-order valence-electron chi connectivity index (χ3n) is 3.17. The molecule has 0 saturated heterocycles. The molecule has 0 fully saturated rings. The minimum atomic E-state index is -1.13. The van der Waals surface area contributed by atoms with E-state index in [0.29, 0.717) is 5.56 Å². The minimum Gasteiger partial charge on any atom is -0.383 e. The lowest BCUT2D eigenvalue weighted by molar-refractivity contribution is -0.0562. The summed E-state index contributed by atoms with van der Waals surface area (Å²) in [5.41, 5.74) is 5.58. The molecule has 1 unspecified atom stereocenters. The van der Waals surface area contributed by atoms with E-state index in [9.17, 15) is 9.50 Å². The van der Waals surface area contributed by atoms with Crippen molar-refractivity contribution in [1.29, 1.82) is 0 Å². The maximum absolute atomic E-state index is 13.0. The van der Waals surface area contributed by atoms with Gasteiger partial charge in [-0.3, -0.25) is 0 Å². The summed E-state index contributed by atoms with van der Waals surface area (Å²) >= 11 is 0. The topological polar surface area (TPSA) is 46.2 Å². The van der Waals surface area contributed by atoms with E-state index in [0.717, 1.165) is 5.56 Å². The van der Waals surface area contributed by atoms with Crippen LogP contribution in [0.25, 0.3) is 0 Å². The lowest BCUT2D eigenvalue weighted by Gasteiger charge is -2.40. The molecule has 0 spiro atoms. The van der Waals surface area contributed by atoms with Gasteiger partial charge in [0.15, 0.2) is 0 Å². The molecule has 0 bridgehead atoms. The van der Waals surface area contributed by atoms with Gasteiger partial charge in [0, 0.05) is 6.54 Å². The highest BCUT2D eigenvalue weighted by atomic mass is 19.1. The van der Waals surface area contributed by atoms with E-state index < -0.39 is 11.0 Å². The summed E-state index contributed by atoms with van der Waals surface area (Å²) in [5, 5.41) is 10.7. The van der Waals surface area contributed by atoms with Gasteiger partial charge in [-0.1, -0.05) is 26.8 Å². The third-order valence-corrected chi connectivity index (χ3v) is 3.17. The van der Waals surface area contributed by atoms with Crippen molar-refractivity contribution in [1.82, 2.24) is 0 Å². The molecule has 0 aromatic heterocycles. The molecule has 1 aromatic rings. The SMILES string of the molecule is Cc1cc(F)ccc1C(O)(CN)C(C)(C)C. The van der Waals surface area contributed by atoms with Crippen LogP contribution in [0.2, 0.25) is 0 Å². The Labute approximate surface area is 96.3 Å². The molecule has 0 radical (unpaired) electrons. The van der Waals surface area contributed by atoms with Crippen molar-refractivity contribution in [2.75, 3.05) is 6.54 Å². The van der Waals surface area contributed by atoms with Crippen molar-refractivity contribution in [3.05, 3.63) is 35.1 Å². The summed E-state index contributed by atoms with van der Waals surface area (Å²) in [6.45, 7) is 7.65. The molecule has 0 saturated carbocycles. The zero-order chi connectivity index (χ0) is 12.6. The normalized spacial score (nSPS) is 15.9. The first-order chi connectivity index (χ1) is 7.22. The van der Waals surface area contributed by atoms with Crippen LogP contribution in [0.1, 0.15) is 31.9 Å². The summed E-state index contributed by atoms with van der Waals surface area (Å²) in [4.78, 5) is 0. The predicted octanol–water partition coefficient (Wildman–Crippen LogP) is 2.33. The predicted molar refractivity (Wildman–Crippen MR) is 63.5 cm³/mol. The highest BCUT2D eigenvalue weighted by Crippen LogP contribution is 2.39. The number of hydrogen-bond acceptors (Lipinski definition) is 2. The minimum absolute atomic E-state index is 0.114. The van der Waals surface area contributed by atoms with Gasteiger partial charge in [0.1, 0.15) is 11.4 Å². The van der Waals surface area contributed by atoms with Gasteiger partial charge in [0.05, 0.1) is 0 Å². The monoisotopic (exact) mass is 225 g/mol. The van der Waals surface area contributed by atoms with Crippen molar-refractivity contribution < 1.29 is 9.50 Å². The number of halogens is 1. The number of aryl methyl sites for hydroxylation is 1. The molecule has 1 atom stereocenters. The fraction of sp³-hybridized carbons (Fsp3) is 0.538.